The number of nitrogens with zero attached hydrogens (tertiary/aromatic N) is 1. The van der Waals surface area contributed by atoms with Gasteiger partial charge in [0, 0.05) is 0 Å². The first-order valence-corrected chi connectivity index (χ1v) is 8.85. The van der Waals surface area contributed by atoms with Crippen molar-refractivity contribution in [1.29, 1.82) is 0 Å². The number of fused-ring (bicyclic) bond motifs is 1. The second kappa shape index (κ2) is 8.89. The molecule has 2 aromatic carbocycles. The zero-order chi connectivity index (χ0) is 18.2. The van der Waals surface area contributed by atoms with Gasteiger partial charge in [0.15, 0.2) is 6.61 Å². The normalized spacial score (nSPS) is 10.7. The third kappa shape index (κ3) is 4.99. The average Bonchev–Trinajstić information content (AvgIpc) is 3.06. The van der Waals surface area contributed by atoms with E-state index in [9.17, 15) is 4.79 Å². The van der Waals surface area contributed by atoms with E-state index in [1.807, 2.05) is 36.4 Å². The quantitative estimate of drug-likeness (QED) is 0.567. The highest BCUT2D eigenvalue weighted by molar-refractivity contribution is 5.92. The number of benzene rings is 2. The molecule has 0 saturated carbocycles. The van der Waals surface area contributed by atoms with Crippen LogP contribution in [0.15, 0.2) is 48.5 Å². The standard InChI is InChI=1S/C20H23N3O3/c1-2-3-6-13-25-15-9-11-16(12-10-15)26-14-19(24)23-20-21-17-7-4-5-8-18(17)22-20/h4-5,7-12H,2-3,6,13-14H2,1H3,(H2,21,22,23,24). The molecule has 1 heterocycles. The van der Waals surface area contributed by atoms with Crippen molar-refractivity contribution in [2.75, 3.05) is 18.5 Å². The van der Waals surface area contributed by atoms with E-state index in [2.05, 4.69) is 22.2 Å². The van der Waals surface area contributed by atoms with Crippen LogP contribution in [0.1, 0.15) is 26.2 Å². The number of imidazole rings is 1. The minimum atomic E-state index is -0.274. The van der Waals surface area contributed by atoms with Crippen LogP contribution >= 0.6 is 0 Å². The van der Waals surface area contributed by atoms with Crippen LogP contribution in [0.5, 0.6) is 11.5 Å². The van der Waals surface area contributed by atoms with E-state index in [1.165, 1.54) is 12.8 Å². The largest absolute Gasteiger partial charge is 0.494 e. The van der Waals surface area contributed by atoms with Crippen molar-refractivity contribution in [3.05, 3.63) is 48.5 Å². The average molecular weight is 353 g/mol. The molecule has 0 aliphatic rings. The lowest BCUT2D eigenvalue weighted by atomic mass is 10.3. The summed E-state index contributed by atoms with van der Waals surface area (Å²) in [6.07, 6.45) is 3.39. The minimum Gasteiger partial charge on any atom is -0.494 e. The molecule has 0 spiro atoms. The van der Waals surface area contributed by atoms with Crippen molar-refractivity contribution in [3.8, 4) is 11.5 Å². The molecule has 0 radical (unpaired) electrons. The van der Waals surface area contributed by atoms with E-state index < -0.39 is 0 Å². The summed E-state index contributed by atoms with van der Waals surface area (Å²) in [6.45, 7) is 2.79. The molecule has 1 amide bonds. The first kappa shape index (κ1) is 17.8. The molecular formula is C20H23N3O3. The van der Waals surface area contributed by atoms with Crippen LogP contribution in [-0.4, -0.2) is 29.1 Å². The molecule has 0 saturated heterocycles. The molecule has 3 rings (SSSR count). The van der Waals surface area contributed by atoms with Crippen molar-refractivity contribution in [3.63, 3.8) is 0 Å². The van der Waals surface area contributed by atoms with Crippen LogP contribution in [-0.2, 0) is 4.79 Å². The second-order valence-corrected chi connectivity index (χ2v) is 5.97. The first-order valence-electron chi connectivity index (χ1n) is 8.85. The number of ether oxygens (including phenoxy) is 2. The molecular weight excluding hydrogens is 330 g/mol. The fourth-order valence-electron chi connectivity index (χ4n) is 2.50. The molecule has 0 aliphatic heterocycles. The van der Waals surface area contributed by atoms with Gasteiger partial charge >= 0.3 is 0 Å². The van der Waals surface area contributed by atoms with Gasteiger partial charge in [-0.25, -0.2) is 4.98 Å². The van der Waals surface area contributed by atoms with Crippen molar-refractivity contribution < 1.29 is 14.3 Å². The van der Waals surface area contributed by atoms with Gasteiger partial charge in [-0.2, -0.15) is 0 Å². The summed E-state index contributed by atoms with van der Waals surface area (Å²) in [6, 6.07) is 14.9. The number of para-hydroxylation sites is 2. The van der Waals surface area contributed by atoms with Crippen molar-refractivity contribution in [2.24, 2.45) is 0 Å². The number of aromatic nitrogens is 2. The Hall–Kier alpha value is -3.02. The summed E-state index contributed by atoms with van der Waals surface area (Å²) < 4.78 is 11.2. The Labute approximate surface area is 152 Å². The molecule has 0 unspecified atom stereocenters. The maximum absolute atomic E-state index is 12.0. The van der Waals surface area contributed by atoms with Gasteiger partial charge in [-0.15, -0.1) is 0 Å². The van der Waals surface area contributed by atoms with Crippen molar-refractivity contribution in [1.82, 2.24) is 9.97 Å². The van der Waals surface area contributed by atoms with Crippen LogP contribution < -0.4 is 14.8 Å². The Morgan fingerprint density at radius 2 is 1.77 bits per heavy atom. The summed E-state index contributed by atoms with van der Waals surface area (Å²) in [5.74, 6) is 1.56. The Balaban J connectivity index is 1.45. The Morgan fingerprint density at radius 1 is 1.04 bits per heavy atom. The Morgan fingerprint density at radius 3 is 2.50 bits per heavy atom. The third-order valence-corrected chi connectivity index (χ3v) is 3.86. The smallest absolute Gasteiger partial charge is 0.264 e. The summed E-state index contributed by atoms with van der Waals surface area (Å²) >= 11 is 0. The van der Waals surface area contributed by atoms with Gasteiger partial charge in [-0.1, -0.05) is 31.9 Å². The van der Waals surface area contributed by atoms with Crippen LogP contribution in [0, 0.1) is 0 Å². The number of amides is 1. The summed E-state index contributed by atoms with van der Waals surface area (Å²) in [7, 11) is 0. The fraction of sp³-hybridized carbons (Fsp3) is 0.300. The number of H-pyrrole nitrogens is 1. The van der Waals surface area contributed by atoms with Crippen molar-refractivity contribution >= 4 is 22.9 Å². The Kier molecular flexibility index (Phi) is 6.09. The number of rotatable bonds is 9. The number of unbranched alkanes of at least 4 members (excludes halogenated alkanes) is 2. The van der Waals surface area contributed by atoms with Gasteiger partial charge in [0.2, 0.25) is 5.95 Å². The zero-order valence-corrected chi connectivity index (χ0v) is 14.8. The number of aromatic amines is 1. The SMILES string of the molecule is CCCCCOc1ccc(OCC(=O)Nc2nc3ccccc3[nH]2)cc1. The predicted octanol–water partition coefficient (Wildman–Crippen LogP) is 4.15. The fourth-order valence-corrected chi connectivity index (χ4v) is 2.50. The molecule has 0 aliphatic carbocycles. The van der Waals surface area contributed by atoms with Gasteiger partial charge in [0.05, 0.1) is 17.6 Å². The van der Waals surface area contributed by atoms with E-state index in [0.717, 1.165) is 23.2 Å². The predicted molar refractivity (Wildman–Crippen MR) is 102 cm³/mol. The first-order chi connectivity index (χ1) is 12.7. The van der Waals surface area contributed by atoms with Gasteiger partial charge in [0.1, 0.15) is 11.5 Å². The van der Waals surface area contributed by atoms with E-state index in [0.29, 0.717) is 18.3 Å². The molecule has 2 N–H and O–H groups in total. The van der Waals surface area contributed by atoms with Gasteiger partial charge in [-0.3, -0.25) is 10.1 Å². The summed E-state index contributed by atoms with van der Waals surface area (Å²) in [4.78, 5) is 19.4. The highest BCUT2D eigenvalue weighted by Gasteiger charge is 2.07. The van der Waals surface area contributed by atoms with Crippen LogP contribution in [0.2, 0.25) is 0 Å². The number of nitrogens with one attached hydrogen (secondary N) is 2. The minimum absolute atomic E-state index is 0.0895. The van der Waals surface area contributed by atoms with Crippen LogP contribution in [0.25, 0.3) is 11.0 Å². The van der Waals surface area contributed by atoms with Crippen LogP contribution in [0.3, 0.4) is 0 Å². The summed E-state index contributed by atoms with van der Waals surface area (Å²) in [5.41, 5.74) is 1.68. The van der Waals surface area contributed by atoms with E-state index in [4.69, 9.17) is 9.47 Å². The molecule has 26 heavy (non-hydrogen) atoms. The zero-order valence-electron chi connectivity index (χ0n) is 14.8. The van der Waals surface area contributed by atoms with Crippen LogP contribution in [0.4, 0.5) is 5.95 Å². The molecule has 136 valence electrons. The maximum atomic E-state index is 12.0. The molecule has 3 aromatic rings. The summed E-state index contributed by atoms with van der Waals surface area (Å²) in [5, 5.41) is 2.70. The number of hydrogen-bond acceptors (Lipinski definition) is 4. The molecule has 1 aromatic heterocycles. The maximum Gasteiger partial charge on any atom is 0.264 e. The lowest BCUT2D eigenvalue weighted by molar-refractivity contribution is -0.118. The second-order valence-electron chi connectivity index (χ2n) is 5.97. The van der Waals surface area contributed by atoms with Gasteiger partial charge in [0.25, 0.3) is 5.91 Å². The lowest BCUT2D eigenvalue weighted by Gasteiger charge is -2.08. The topological polar surface area (TPSA) is 76.2 Å². The molecule has 0 fully saturated rings. The highest BCUT2D eigenvalue weighted by Crippen LogP contribution is 2.18. The highest BCUT2D eigenvalue weighted by atomic mass is 16.5. The van der Waals surface area contributed by atoms with Gasteiger partial charge < -0.3 is 14.5 Å². The number of anilines is 1. The molecule has 0 atom stereocenters. The molecule has 6 heteroatoms. The monoisotopic (exact) mass is 353 g/mol. The number of carbonyl (C=O) groups is 1. The lowest BCUT2D eigenvalue weighted by Crippen LogP contribution is -2.20. The van der Waals surface area contributed by atoms with E-state index >= 15 is 0 Å². The van der Waals surface area contributed by atoms with Gasteiger partial charge in [-0.05, 0) is 42.8 Å². The molecule has 0 bridgehead atoms. The molecule has 6 nitrogen and oxygen atoms in total. The Bertz CT molecular complexity index is 810. The number of carbonyl (C=O) groups excluding carboxylic acids is 1. The third-order valence-electron chi connectivity index (χ3n) is 3.86. The van der Waals surface area contributed by atoms with E-state index in [-0.39, 0.29) is 12.5 Å². The number of hydrogen-bond donors (Lipinski definition) is 2. The van der Waals surface area contributed by atoms with E-state index in [1.54, 1.807) is 12.1 Å². The van der Waals surface area contributed by atoms with Crippen molar-refractivity contribution in [2.45, 2.75) is 26.2 Å².